The Morgan fingerprint density at radius 2 is 1.77 bits per heavy atom. The highest BCUT2D eigenvalue weighted by Crippen LogP contribution is 2.57. The number of aryl methyl sites for hydroxylation is 1. The van der Waals surface area contributed by atoms with Crippen molar-refractivity contribution in [3.05, 3.63) is 82.4 Å². The molecule has 0 radical (unpaired) electrons. The van der Waals surface area contributed by atoms with Crippen molar-refractivity contribution in [2.45, 2.75) is 30.3 Å². The van der Waals surface area contributed by atoms with E-state index >= 15 is 0 Å². The van der Waals surface area contributed by atoms with Crippen LogP contribution < -0.4 is 14.4 Å². The van der Waals surface area contributed by atoms with Gasteiger partial charge in [-0.05, 0) is 73.5 Å². The molecule has 5 rings (SSSR count). The van der Waals surface area contributed by atoms with Crippen molar-refractivity contribution in [1.29, 1.82) is 0 Å². The van der Waals surface area contributed by atoms with Crippen LogP contribution in [0, 0.1) is 6.92 Å². The summed E-state index contributed by atoms with van der Waals surface area (Å²) in [7, 11) is -2.21. The van der Waals surface area contributed by atoms with Gasteiger partial charge in [0.1, 0.15) is 11.9 Å². The van der Waals surface area contributed by atoms with Crippen molar-refractivity contribution < 1.29 is 13.2 Å². The van der Waals surface area contributed by atoms with Gasteiger partial charge >= 0.3 is 0 Å². The number of nitrogens with zero attached hydrogens (tertiary/aromatic N) is 1. The highest BCUT2D eigenvalue weighted by molar-refractivity contribution is 7.93. The third-order valence-electron chi connectivity index (χ3n) is 6.19. The Hall–Kier alpha value is -2.70. The second-order valence-electron chi connectivity index (χ2n) is 7.94. The zero-order chi connectivity index (χ0) is 21.3. The van der Waals surface area contributed by atoms with Crippen LogP contribution in [0.1, 0.15) is 23.6 Å². The van der Waals surface area contributed by atoms with Crippen LogP contribution in [0.15, 0.2) is 65.6 Å². The van der Waals surface area contributed by atoms with Crippen LogP contribution in [-0.4, -0.2) is 21.7 Å². The topological polar surface area (TPSA) is 58.6 Å². The predicted molar refractivity (Wildman–Crippen MR) is 119 cm³/mol. The first-order valence-corrected chi connectivity index (χ1v) is 11.4. The van der Waals surface area contributed by atoms with Crippen LogP contribution in [0.2, 0.25) is 5.02 Å². The van der Waals surface area contributed by atoms with Crippen molar-refractivity contribution in [3.63, 3.8) is 0 Å². The van der Waals surface area contributed by atoms with Crippen LogP contribution >= 0.6 is 11.6 Å². The molecule has 3 aromatic rings. The number of halogens is 1. The van der Waals surface area contributed by atoms with E-state index in [1.54, 1.807) is 25.3 Å². The zero-order valence-electron chi connectivity index (χ0n) is 16.8. The molecular formula is C23H21ClN2O3S. The van der Waals surface area contributed by atoms with E-state index in [0.29, 0.717) is 16.5 Å². The Morgan fingerprint density at radius 3 is 2.47 bits per heavy atom. The SMILES string of the molecule is COc1ccc2c(c1)[C@]1(C)c3cc(Cl)ccc3N[C@@H]1N2S(=O)(=O)c1ccc(C)cc1. The largest absolute Gasteiger partial charge is 0.497 e. The number of benzene rings is 3. The van der Waals surface area contributed by atoms with Gasteiger partial charge in [-0.25, -0.2) is 12.7 Å². The second-order valence-corrected chi connectivity index (χ2v) is 10.2. The van der Waals surface area contributed by atoms with Gasteiger partial charge in [-0.15, -0.1) is 0 Å². The molecule has 2 aliphatic rings. The maximum Gasteiger partial charge on any atom is 0.266 e. The summed E-state index contributed by atoms with van der Waals surface area (Å²) in [5.41, 5.74) is 3.76. The molecule has 0 saturated carbocycles. The highest BCUT2D eigenvalue weighted by atomic mass is 35.5. The maximum atomic E-state index is 13.8. The first kappa shape index (κ1) is 19.3. The molecule has 0 aliphatic carbocycles. The highest BCUT2D eigenvalue weighted by Gasteiger charge is 2.57. The summed E-state index contributed by atoms with van der Waals surface area (Å²) >= 11 is 6.31. The molecule has 0 saturated heterocycles. The Labute approximate surface area is 181 Å². The van der Waals surface area contributed by atoms with Crippen molar-refractivity contribution in [2.24, 2.45) is 0 Å². The molecule has 2 heterocycles. The van der Waals surface area contributed by atoms with Crippen molar-refractivity contribution in [3.8, 4) is 5.75 Å². The molecule has 2 aliphatic heterocycles. The average Bonchev–Trinajstić information content (AvgIpc) is 3.15. The quantitative estimate of drug-likeness (QED) is 0.627. The van der Waals surface area contributed by atoms with E-state index < -0.39 is 21.6 Å². The van der Waals surface area contributed by atoms with Gasteiger partial charge in [-0.2, -0.15) is 0 Å². The number of anilines is 2. The number of sulfonamides is 1. The molecule has 5 nitrogen and oxygen atoms in total. The number of hydrogen-bond donors (Lipinski definition) is 1. The van der Waals surface area contributed by atoms with E-state index in [0.717, 1.165) is 22.4 Å². The molecule has 2 atom stereocenters. The van der Waals surface area contributed by atoms with Crippen LogP contribution in [0.3, 0.4) is 0 Å². The Morgan fingerprint density at radius 1 is 1.03 bits per heavy atom. The second kappa shape index (κ2) is 6.40. The van der Waals surface area contributed by atoms with Crippen LogP contribution in [0.5, 0.6) is 5.75 Å². The number of fused-ring (bicyclic) bond motifs is 5. The Bertz CT molecular complexity index is 1270. The van der Waals surface area contributed by atoms with Gasteiger partial charge in [0.05, 0.1) is 23.1 Å². The van der Waals surface area contributed by atoms with Crippen molar-refractivity contribution in [1.82, 2.24) is 0 Å². The standard InChI is InChI=1S/C23H21ClN2O3S/c1-14-4-8-17(9-5-14)30(27,28)26-21-11-7-16(29-3)13-19(21)23(2)18-12-15(24)6-10-20(18)25-22(23)26/h4-13,22,25H,1-3H3/t22-,23+/m1/s1. The first-order chi connectivity index (χ1) is 14.3. The molecule has 154 valence electrons. The van der Waals surface area contributed by atoms with Crippen LogP contribution in [-0.2, 0) is 15.4 Å². The van der Waals surface area contributed by atoms with Crippen LogP contribution in [0.4, 0.5) is 11.4 Å². The number of hydrogen-bond acceptors (Lipinski definition) is 4. The van der Waals surface area contributed by atoms with E-state index in [9.17, 15) is 8.42 Å². The van der Waals surface area contributed by atoms with Crippen molar-refractivity contribution in [2.75, 3.05) is 16.7 Å². The first-order valence-electron chi connectivity index (χ1n) is 9.63. The molecule has 0 amide bonds. The van der Waals surface area contributed by atoms with E-state index in [1.807, 2.05) is 49.4 Å². The summed E-state index contributed by atoms with van der Waals surface area (Å²) < 4.78 is 34.5. The summed E-state index contributed by atoms with van der Waals surface area (Å²) in [6.07, 6.45) is -0.514. The molecule has 3 aromatic carbocycles. The fourth-order valence-electron chi connectivity index (χ4n) is 4.58. The minimum atomic E-state index is -3.81. The summed E-state index contributed by atoms with van der Waals surface area (Å²) in [5, 5.41) is 4.05. The predicted octanol–water partition coefficient (Wildman–Crippen LogP) is 4.92. The molecule has 30 heavy (non-hydrogen) atoms. The van der Waals surface area contributed by atoms with E-state index in [-0.39, 0.29) is 4.90 Å². The third-order valence-corrected chi connectivity index (χ3v) is 8.22. The number of nitrogens with one attached hydrogen (secondary N) is 1. The molecule has 0 spiro atoms. The van der Waals surface area contributed by atoms with Crippen LogP contribution in [0.25, 0.3) is 0 Å². The van der Waals surface area contributed by atoms with Gasteiger partial charge in [-0.1, -0.05) is 29.3 Å². The summed E-state index contributed by atoms with van der Waals surface area (Å²) in [6, 6.07) is 18.1. The Kier molecular flexibility index (Phi) is 4.11. The molecule has 7 heteroatoms. The third kappa shape index (κ3) is 2.50. The fourth-order valence-corrected chi connectivity index (χ4v) is 6.42. The Balaban J connectivity index is 1.76. The smallest absolute Gasteiger partial charge is 0.266 e. The monoisotopic (exact) mass is 440 g/mol. The lowest BCUT2D eigenvalue weighted by molar-refractivity contribution is 0.413. The molecule has 0 bridgehead atoms. The average molecular weight is 441 g/mol. The van der Waals surface area contributed by atoms with Crippen molar-refractivity contribution >= 4 is 33.0 Å². The number of methoxy groups -OCH3 is 1. The molecular weight excluding hydrogens is 420 g/mol. The van der Waals surface area contributed by atoms with Gasteiger partial charge in [0.2, 0.25) is 0 Å². The molecule has 0 unspecified atom stereocenters. The van der Waals surface area contributed by atoms with Gasteiger partial charge in [0.25, 0.3) is 10.0 Å². The molecule has 1 N–H and O–H groups in total. The normalized spacial score (nSPS) is 21.6. The summed E-state index contributed by atoms with van der Waals surface area (Å²) in [5.74, 6) is 0.679. The summed E-state index contributed by atoms with van der Waals surface area (Å²) in [4.78, 5) is 0.259. The van der Waals surface area contributed by atoms with Gasteiger partial charge in [0.15, 0.2) is 0 Å². The number of rotatable bonds is 3. The number of ether oxygens (including phenoxy) is 1. The minimum absolute atomic E-state index is 0.259. The maximum absolute atomic E-state index is 13.8. The van der Waals surface area contributed by atoms with E-state index in [4.69, 9.17) is 16.3 Å². The lowest BCUT2D eigenvalue weighted by Crippen LogP contribution is -2.47. The molecule has 0 aromatic heterocycles. The van der Waals surface area contributed by atoms with Gasteiger partial charge < -0.3 is 10.1 Å². The van der Waals surface area contributed by atoms with Gasteiger partial charge in [0, 0.05) is 10.7 Å². The zero-order valence-corrected chi connectivity index (χ0v) is 18.4. The summed E-state index contributed by atoms with van der Waals surface area (Å²) in [6.45, 7) is 3.99. The van der Waals surface area contributed by atoms with Gasteiger partial charge in [-0.3, -0.25) is 0 Å². The molecule has 0 fully saturated rings. The van der Waals surface area contributed by atoms with E-state index in [2.05, 4.69) is 12.2 Å². The lowest BCUT2D eigenvalue weighted by atomic mass is 9.77. The lowest BCUT2D eigenvalue weighted by Gasteiger charge is -2.31. The van der Waals surface area contributed by atoms with E-state index in [1.165, 1.54) is 4.31 Å². The fraction of sp³-hybridized carbons (Fsp3) is 0.217. The minimum Gasteiger partial charge on any atom is -0.497 e.